The van der Waals surface area contributed by atoms with Gasteiger partial charge in [-0.05, 0) is 58.5 Å². The first-order valence-corrected chi connectivity index (χ1v) is 8.01. The van der Waals surface area contributed by atoms with E-state index < -0.39 is 5.60 Å². The van der Waals surface area contributed by atoms with Crippen molar-refractivity contribution in [3.05, 3.63) is 45.7 Å². The zero-order valence-corrected chi connectivity index (χ0v) is 13.9. The number of aromatic nitrogens is 2. The molecular weight excluding hydrogens is 332 g/mol. The summed E-state index contributed by atoms with van der Waals surface area (Å²) in [6, 6.07) is 5.93. The highest BCUT2D eigenvalue weighted by molar-refractivity contribution is 9.10. The summed E-state index contributed by atoms with van der Waals surface area (Å²) in [4.78, 5) is 0. The monoisotopic (exact) mass is 350 g/mol. The van der Waals surface area contributed by atoms with Crippen molar-refractivity contribution in [2.24, 2.45) is 0 Å². The van der Waals surface area contributed by atoms with Crippen molar-refractivity contribution in [3.63, 3.8) is 0 Å². The van der Waals surface area contributed by atoms with Crippen LogP contribution in [0.15, 0.2) is 28.9 Å². The Labute approximate surface area is 132 Å². The van der Waals surface area contributed by atoms with Crippen LogP contribution in [-0.2, 0) is 18.6 Å². The van der Waals surface area contributed by atoms with E-state index in [1.807, 2.05) is 22.9 Å². The maximum Gasteiger partial charge on any atom is 0.133 e. The Bertz CT molecular complexity index is 668. The molecule has 0 bridgehead atoms. The van der Waals surface area contributed by atoms with E-state index in [9.17, 15) is 5.11 Å². The van der Waals surface area contributed by atoms with Crippen LogP contribution < -0.4 is 4.74 Å². The molecular formula is C16H19BrN2O2. The molecule has 0 fully saturated rings. The van der Waals surface area contributed by atoms with Crippen LogP contribution in [0.2, 0.25) is 0 Å². The van der Waals surface area contributed by atoms with Gasteiger partial charge in [0.05, 0.1) is 23.5 Å². The van der Waals surface area contributed by atoms with Gasteiger partial charge in [0.2, 0.25) is 0 Å². The Morgan fingerprint density at radius 1 is 1.48 bits per heavy atom. The van der Waals surface area contributed by atoms with E-state index in [-0.39, 0.29) is 0 Å². The summed E-state index contributed by atoms with van der Waals surface area (Å²) in [6.45, 7) is 2.90. The molecule has 4 nitrogen and oxygen atoms in total. The number of nitrogens with zero attached hydrogens (tertiary/aromatic N) is 2. The number of hydrogen-bond donors (Lipinski definition) is 1. The Morgan fingerprint density at radius 3 is 3.00 bits per heavy atom. The van der Waals surface area contributed by atoms with Crippen molar-refractivity contribution in [1.82, 2.24) is 9.78 Å². The molecule has 0 saturated carbocycles. The number of rotatable bonds is 4. The van der Waals surface area contributed by atoms with Gasteiger partial charge in [-0.2, -0.15) is 5.10 Å². The molecule has 1 aromatic heterocycles. The molecule has 2 aromatic rings. The van der Waals surface area contributed by atoms with E-state index in [0.717, 1.165) is 40.9 Å². The summed E-state index contributed by atoms with van der Waals surface area (Å²) in [5.74, 6) is 0.770. The van der Waals surface area contributed by atoms with E-state index in [0.29, 0.717) is 6.42 Å². The van der Waals surface area contributed by atoms with Gasteiger partial charge in [0.25, 0.3) is 0 Å². The largest absolute Gasteiger partial charge is 0.497 e. The molecule has 1 N–H and O–H groups in total. The number of aliphatic hydroxyl groups is 1. The summed E-state index contributed by atoms with van der Waals surface area (Å²) in [5.41, 5.74) is 1.94. The van der Waals surface area contributed by atoms with E-state index in [2.05, 4.69) is 28.0 Å². The standard InChI is InChI=1S/C16H19BrN2O2/c1-3-8-19-15(14(17)10-18-19)16(20)7-6-11-4-5-12(21-2)9-13(11)16/h4-5,9-10,20H,3,6-8H2,1-2H3. The molecule has 0 amide bonds. The van der Waals surface area contributed by atoms with Gasteiger partial charge in [-0.3, -0.25) is 4.68 Å². The highest BCUT2D eigenvalue weighted by Gasteiger charge is 2.42. The van der Waals surface area contributed by atoms with Crippen LogP contribution in [0.1, 0.15) is 36.6 Å². The Hall–Kier alpha value is -1.33. The first-order valence-electron chi connectivity index (χ1n) is 7.21. The summed E-state index contributed by atoms with van der Waals surface area (Å²) in [6.07, 6.45) is 4.27. The molecule has 1 unspecified atom stereocenters. The average Bonchev–Trinajstić information content (AvgIpc) is 3.01. The summed E-state index contributed by atoms with van der Waals surface area (Å²) in [7, 11) is 1.65. The first kappa shape index (κ1) is 14.6. The third-order valence-electron chi connectivity index (χ3n) is 4.14. The van der Waals surface area contributed by atoms with Gasteiger partial charge in [-0.1, -0.05) is 13.0 Å². The number of aryl methyl sites for hydroxylation is 2. The minimum absolute atomic E-state index is 0.670. The zero-order chi connectivity index (χ0) is 15.0. The van der Waals surface area contributed by atoms with Gasteiger partial charge in [0.15, 0.2) is 0 Å². The smallest absolute Gasteiger partial charge is 0.133 e. The lowest BCUT2D eigenvalue weighted by atomic mass is 9.92. The van der Waals surface area contributed by atoms with Crippen LogP contribution in [-0.4, -0.2) is 22.0 Å². The fourth-order valence-corrected chi connectivity index (χ4v) is 3.76. The van der Waals surface area contributed by atoms with Crippen LogP contribution in [0.4, 0.5) is 0 Å². The fourth-order valence-electron chi connectivity index (χ4n) is 3.14. The van der Waals surface area contributed by atoms with E-state index in [4.69, 9.17) is 4.74 Å². The van der Waals surface area contributed by atoms with Crippen molar-refractivity contribution >= 4 is 15.9 Å². The van der Waals surface area contributed by atoms with Gasteiger partial charge >= 0.3 is 0 Å². The lowest BCUT2D eigenvalue weighted by molar-refractivity contribution is 0.0717. The van der Waals surface area contributed by atoms with Gasteiger partial charge in [-0.25, -0.2) is 0 Å². The van der Waals surface area contributed by atoms with Gasteiger partial charge < -0.3 is 9.84 Å². The zero-order valence-electron chi connectivity index (χ0n) is 12.3. The second kappa shape index (κ2) is 5.46. The molecule has 1 aliphatic rings. The second-order valence-corrected chi connectivity index (χ2v) is 6.30. The number of ether oxygens (including phenoxy) is 1. The van der Waals surface area contributed by atoms with Crippen LogP contribution in [0.5, 0.6) is 5.75 Å². The van der Waals surface area contributed by atoms with Crippen molar-refractivity contribution in [2.75, 3.05) is 7.11 Å². The molecule has 1 atom stereocenters. The number of benzene rings is 1. The topological polar surface area (TPSA) is 47.3 Å². The van der Waals surface area contributed by atoms with Crippen LogP contribution in [0, 0.1) is 0 Å². The molecule has 5 heteroatoms. The Morgan fingerprint density at radius 2 is 2.29 bits per heavy atom. The molecule has 0 radical (unpaired) electrons. The third kappa shape index (κ3) is 2.28. The molecule has 112 valence electrons. The molecule has 1 heterocycles. The molecule has 0 aliphatic heterocycles. The molecule has 0 saturated heterocycles. The Kier molecular flexibility index (Phi) is 3.80. The van der Waals surface area contributed by atoms with Gasteiger partial charge in [-0.15, -0.1) is 0 Å². The van der Waals surface area contributed by atoms with Crippen LogP contribution >= 0.6 is 15.9 Å². The van der Waals surface area contributed by atoms with Crippen LogP contribution in [0.25, 0.3) is 0 Å². The predicted molar refractivity (Wildman–Crippen MR) is 84.5 cm³/mol. The van der Waals surface area contributed by atoms with Crippen molar-refractivity contribution in [1.29, 1.82) is 0 Å². The fraction of sp³-hybridized carbons (Fsp3) is 0.438. The number of hydrogen-bond acceptors (Lipinski definition) is 3. The summed E-state index contributed by atoms with van der Waals surface area (Å²) in [5, 5.41) is 15.8. The molecule has 21 heavy (non-hydrogen) atoms. The molecule has 0 spiro atoms. The van der Waals surface area contributed by atoms with Crippen molar-refractivity contribution < 1.29 is 9.84 Å². The van der Waals surface area contributed by atoms with E-state index in [1.54, 1.807) is 13.3 Å². The second-order valence-electron chi connectivity index (χ2n) is 5.45. The quantitative estimate of drug-likeness (QED) is 0.920. The maximum atomic E-state index is 11.4. The molecule has 1 aliphatic carbocycles. The first-order chi connectivity index (χ1) is 10.1. The SMILES string of the molecule is CCCn1ncc(Br)c1C1(O)CCc2ccc(OC)cc21. The maximum absolute atomic E-state index is 11.4. The normalized spacial score (nSPS) is 20.6. The minimum atomic E-state index is -1.01. The molecule has 1 aromatic carbocycles. The Balaban J connectivity index is 2.14. The third-order valence-corrected chi connectivity index (χ3v) is 4.72. The average molecular weight is 351 g/mol. The van der Waals surface area contributed by atoms with Gasteiger partial charge in [0, 0.05) is 6.54 Å². The van der Waals surface area contributed by atoms with Crippen LogP contribution in [0.3, 0.4) is 0 Å². The summed E-state index contributed by atoms with van der Waals surface area (Å²) < 4.78 is 8.07. The highest BCUT2D eigenvalue weighted by atomic mass is 79.9. The predicted octanol–water partition coefficient (Wildman–Crippen LogP) is 3.25. The lowest BCUT2D eigenvalue weighted by Crippen LogP contribution is -2.28. The van der Waals surface area contributed by atoms with Gasteiger partial charge in [0.1, 0.15) is 11.4 Å². The van der Waals surface area contributed by atoms with Crippen molar-refractivity contribution in [2.45, 2.75) is 38.3 Å². The van der Waals surface area contributed by atoms with E-state index in [1.165, 1.54) is 5.56 Å². The van der Waals surface area contributed by atoms with E-state index >= 15 is 0 Å². The minimum Gasteiger partial charge on any atom is -0.497 e. The van der Waals surface area contributed by atoms with Crippen molar-refractivity contribution in [3.8, 4) is 5.75 Å². The lowest BCUT2D eigenvalue weighted by Gasteiger charge is -2.26. The number of halogens is 1. The molecule has 3 rings (SSSR count). The summed E-state index contributed by atoms with van der Waals surface area (Å²) >= 11 is 3.55. The highest BCUT2D eigenvalue weighted by Crippen LogP contribution is 2.45. The number of methoxy groups -OCH3 is 1. The number of fused-ring (bicyclic) bond motifs is 1.